The molecule has 1 saturated carbocycles. The predicted octanol–water partition coefficient (Wildman–Crippen LogP) is 1.64. The summed E-state index contributed by atoms with van der Waals surface area (Å²) in [5.41, 5.74) is 0.886. The van der Waals surface area contributed by atoms with Crippen molar-refractivity contribution in [2.24, 2.45) is 5.92 Å². The molecule has 1 aliphatic carbocycles. The van der Waals surface area contributed by atoms with Gasteiger partial charge in [-0.2, -0.15) is 0 Å². The van der Waals surface area contributed by atoms with Crippen molar-refractivity contribution in [2.45, 2.75) is 25.4 Å². The van der Waals surface area contributed by atoms with Gasteiger partial charge in [-0.25, -0.2) is 9.18 Å². The molecule has 2 amide bonds. The van der Waals surface area contributed by atoms with Crippen LogP contribution in [0.15, 0.2) is 18.2 Å². The highest BCUT2D eigenvalue weighted by Gasteiger charge is 2.34. The fourth-order valence-electron chi connectivity index (χ4n) is 3.67. The monoisotopic (exact) mass is 409 g/mol. The van der Waals surface area contributed by atoms with Gasteiger partial charge in [-0.05, 0) is 31.0 Å². The molecule has 2 aliphatic heterocycles. The van der Waals surface area contributed by atoms with Crippen LogP contribution in [0.5, 0.6) is 0 Å². The molecule has 3 fully saturated rings. The van der Waals surface area contributed by atoms with Gasteiger partial charge in [0.1, 0.15) is 23.4 Å². The van der Waals surface area contributed by atoms with Crippen molar-refractivity contribution in [3.05, 3.63) is 24.0 Å². The number of halogens is 1. The van der Waals surface area contributed by atoms with Crippen LogP contribution >= 0.6 is 0 Å². The molecular weight excluding hydrogens is 385 g/mol. The lowest BCUT2D eigenvalue weighted by molar-refractivity contribution is -0.127. The molecule has 7 nitrogen and oxygen atoms in total. The van der Waals surface area contributed by atoms with E-state index >= 15 is 0 Å². The summed E-state index contributed by atoms with van der Waals surface area (Å²) in [4.78, 5) is 27.4. The van der Waals surface area contributed by atoms with Crippen molar-refractivity contribution in [3.63, 3.8) is 0 Å². The predicted molar refractivity (Wildman–Crippen MR) is 104 cm³/mol. The first-order valence-electron chi connectivity index (χ1n) is 9.66. The molecule has 1 aromatic carbocycles. The van der Waals surface area contributed by atoms with E-state index in [0.29, 0.717) is 36.0 Å². The lowest BCUT2D eigenvalue weighted by atomic mass is 9.85. The van der Waals surface area contributed by atoms with Crippen LogP contribution < -0.4 is 15.1 Å². The van der Waals surface area contributed by atoms with Gasteiger partial charge in [0, 0.05) is 5.92 Å². The zero-order valence-electron chi connectivity index (χ0n) is 15.6. The van der Waals surface area contributed by atoms with Crippen molar-refractivity contribution in [2.75, 3.05) is 47.5 Å². The van der Waals surface area contributed by atoms with Gasteiger partial charge in [-0.3, -0.25) is 9.69 Å². The van der Waals surface area contributed by atoms with Gasteiger partial charge < -0.3 is 19.5 Å². The second-order valence-electron chi connectivity index (χ2n) is 7.46. The van der Waals surface area contributed by atoms with E-state index in [4.69, 9.17) is 4.74 Å². The molecule has 0 unspecified atom stereocenters. The zero-order valence-corrected chi connectivity index (χ0v) is 16.4. The maximum absolute atomic E-state index is 14.6. The molecule has 2 heterocycles. The molecule has 1 aromatic rings. The number of anilines is 2. The molecule has 152 valence electrons. The molecule has 1 N–H and O–H groups in total. The minimum Gasteiger partial charge on any atom is -0.616 e. The number of carbonyl (C=O) groups is 2. The first-order valence-corrected chi connectivity index (χ1v) is 11.2. The van der Waals surface area contributed by atoms with E-state index in [9.17, 15) is 18.5 Å². The molecule has 3 aliphatic rings. The van der Waals surface area contributed by atoms with Crippen LogP contribution in [0.2, 0.25) is 0 Å². The second-order valence-corrected chi connectivity index (χ2v) is 9.16. The summed E-state index contributed by atoms with van der Waals surface area (Å²) in [7, 11) is 0. The Morgan fingerprint density at radius 3 is 2.71 bits per heavy atom. The Morgan fingerprint density at radius 1 is 1.32 bits per heavy atom. The number of hydrogen-bond donors (Lipinski definition) is 1. The van der Waals surface area contributed by atoms with Crippen LogP contribution in [-0.4, -0.2) is 60.3 Å². The molecule has 0 radical (unpaired) electrons. The number of rotatable bonds is 5. The smallest absolute Gasteiger partial charge is 0.414 e. The quantitative estimate of drug-likeness (QED) is 0.748. The Hall–Kier alpha value is -2.00. The average Bonchev–Trinajstić information content (AvgIpc) is 3.00. The lowest BCUT2D eigenvalue weighted by Gasteiger charge is -2.30. The number of carbonyl (C=O) groups excluding carboxylic acids is 2. The number of nitrogens with one attached hydrogen (secondary N) is 1. The summed E-state index contributed by atoms with van der Waals surface area (Å²) in [6, 6.07) is 4.68. The van der Waals surface area contributed by atoms with Crippen molar-refractivity contribution in [1.82, 2.24) is 5.32 Å². The third-order valence-corrected chi connectivity index (χ3v) is 6.89. The van der Waals surface area contributed by atoms with E-state index < -0.39 is 29.2 Å². The third-order valence-electron chi connectivity index (χ3n) is 5.62. The Bertz CT molecular complexity index is 753. The van der Waals surface area contributed by atoms with E-state index in [1.54, 1.807) is 12.1 Å². The van der Waals surface area contributed by atoms with Crippen LogP contribution in [0.25, 0.3) is 0 Å². The number of ether oxygens (including phenoxy) is 1. The van der Waals surface area contributed by atoms with Gasteiger partial charge in [-0.1, -0.05) is 17.6 Å². The highest BCUT2D eigenvalue weighted by molar-refractivity contribution is 7.91. The van der Waals surface area contributed by atoms with Gasteiger partial charge in [0.2, 0.25) is 5.91 Å². The van der Waals surface area contributed by atoms with Crippen LogP contribution in [0.1, 0.15) is 19.3 Å². The van der Waals surface area contributed by atoms with E-state index in [1.165, 1.54) is 11.0 Å². The van der Waals surface area contributed by atoms with Gasteiger partial charge in [0.15, 0.2) is 0 Å². The van der Waals surface area contributed by atoms with Crippen molar-refractivity contribution in [1.29, 1.82) is 0 Å². The fraction of sp³-hybridized carbons (Fsp3) is 0.579. The third kappa shape index (κ3) is 4.05. The number of hydrogen-bond acceptors (Lipinski definition) is 5. The first kappa shape index (κ1) is 19.3. The minimum absolute atomic E-state index is 0.0126. The van der Waals surface area contributed by atoms with Crippen molar-refractivity contribution >= 4 is 34.6 Å². The summed E-state index contributed by atoms with van der Waals surface area (Å²) in [5.74, 6) is 0.752. The van der Waals surface area contributed by atoms with Gasteiger partial charge in [-0.15, -0.1) is 0 Å². The Morgan fingerprint density at radius 2 is 2.07 bits per heavy atom. The molecule has 9 heteroatoms. The molecule has 0 aromatic heterocycles. The number of amides is 2. The summed E-state index contributed by atoms with van der Waals surface area (Å²) >= 11 is -0.826. The summed E-state index contributed by atoms with van der Waals surface area (Å²) in [6.07, 6.45) is 1.93. The normalized spacial score (nSPS) is 23.5. The van der Waals surface area contributed by atoms with Crippen LogP contribution in [0.3, 0.4) is 0 Å². The zero-order chi connectivity index (χ0) is 19.7. The number of nitrogens with zero attached hydrogens (tertiary/aromatic N) is 2. The lowest BCUT2D eigenvalue weighted by Crippen LogP contribution is -2.40. The van der Waals surface area contributed by atoms with Crippen LogP contribution in [-0.2, 0) is 20.7 Å². The SMILES string of the molecule is O=C(NC[C@H]1CN(c2ccc(N3CC[S+]([O-])CC3)c(F)c2)C(=O)O1)C1CCC1. The van der Waals surface area contributed by atoms with E-state index in [2.05, 4.69) is 5.32 Å². The van der Waals surface area contributed by atoms with E-state index in [0.717, 1.165) is 19.3 Å². The molecule has 2 saturated heterocycles. The maximum atomic E-state index is 14.6. The molecule has 1 atom stereocenters. The van der Waals surface area contributed by atoms with Crippen molar-refractivity contribution in [3.8, 4) is 0 Å². The second kappa shape index (κ2) is 8.16. The molecule has 0 bridgehead atoms. The van der Waals surface area contributed by atoms with Gasteiger partial charge in [0.25, 0.3) is 0 Å². The van der Waals surface area contributed by atoms with Crippen LogP contribution in [0.4, 0.5) is 20.6 Å². The Labute approximate surface area is 166 Å². The topological polar surface area (TPSA) is 84.9 Å². The average molecular weight is 409 g/mol. The fourth-order valence-corrected chi connectivity index (χ4v) is 4.72. The number of benzene rings is 1. The van der Waals surface area contributed by atoms with Gasteiger partial charge >= 0.3 is 6.09 Å². The number of cyclic esters (lactones) is 1. The molecule has 28 heavy (non-hydrogen) atoms. The standard InChI is InChI=1S/C19H24FN3O4S/c20-16-10-14(4-5-17(16)22-6-8-28(26)9-7-22)23-12-15(27-19(23)25)11-21-18(24)13-2-1-3-13/h4-5,10,13,15H,1-3,6-9,11-12H2,(H,21,24)/t15-/m0/s1. The molecule has 0 spiro atoms. The molecule has 4 rings (SSSR count). The van der Waals surface area contributed by atoms with Crippen molar-refractivity contribution < 1.29 is 23.3 Å². The molecular formula is C19H24FN3O4S. The maximum Gasteiger partial charge on any atom is 0.414 e. The largest absolute Gasteiger partial charge is 0.616 e. The highest BCUT2D eigenvalue weighted by atomic mass is 32.2. The van der Waals surface area contributed by atoms with Crippen LogP contribution in [0, 0.1) is 11.7 Å². The summed E-state index contributed by atoms with van der Waals surface area (Å²) < 4.78 is 31.4. The first-order chi connectivity index (χ1) is 13.5. The van der Waals surface area contributed by atoms with E-state index in [-0.39, 0.29) is 24.9 Å². The minimum atomic E-state index is -0.826. The Kier molecular flexibility index (Phi) is 5.63. The van der Waals surface area contributed by atoms with E-state index in [1.807, 2.05) is 4.90 Å². The van der Waals surface area contributed by atoms with Gasteiger partial charge in [0.05, 0.1) is 37.6 Å². The highest BCUT2D eigenvalue weighted by Crippen LogP contribution is 2.29. The summed E-state index contributed by atoms with van der Waals surface area (Å²) in [6.45, 7) is 1.64. The summed E-state index contributed by atoms with van der Waals surface area (Å²) in [5, 5.41) is 2.84. The Balaban J connectivity index is 1.36.